The molecule has 7 nitrogen and oxygen atoms in total. The molecule has 2 aromatic heterocycles. The van der Waals surface area contributed by atoms with Crippen LogP contribution in [0, 0.1) is 5.92 Å². The molecule has 2 aromatic rings. The molecule has 0 aromatic carbocycles. The highest BCUT2D eigenvalue weighted by atomic mass is 32.2. The van der Waals surface area contributed by atoms with Crippen molar-refractivity contribution in [1.29, 1.82) is 0 Å². The van der Waals surface area contributed by atoms with Crippen LogP contribution < -0.4 is 4.72 Å². The molecule has 22 heavy (non-hydrogen) atoms. The molecule has 1 fully saturated rings. The third kappa shape index (κ3) is 3.46. The van der Waals surface area contributed by atoms with Crippen molar-refractivity contribution in [3.8, 4) is 0 Å². The number of nitrogens with one attached hydrogen (secondary N) is 1. The van der Waals surface area contributed by atoms with E-state index in [9.17, 15) is 8.42 Å². The smallest absolute Gasteiger partial charge is 0.266 e. The summed E-state index contributed by atoms with van der Waals surface area (Å²) in [5.74, 6) is 0.667. The van der Waals surface area contributed by atoms with E-state index in [4.69, 9.17) is 0 Å². The molecule has 1 saturated carbocycles. The molecule has 0 radical (unpaired) electrons. The number of anilines is 1. The summed E-state index contributed by atoms with van der Waals surface area (Å²) < 4.78 is 28.6. The molecule has 0 unspecified atom stereocenters. The molecule has 1 aliphatic rings. The maximum absolute atomic E-state index is 12.3. The molecule has 2 heterocycles. The lowest BCUT2D eigenvalue weighted by Gasteiger charge is -2.03. The first-order valence-corrected chi connectivity index (χ1v) is 9.74. The third-order valence-corrected chi connectivity index (χ3v) is 6.15. The molecule has 0 amide bonds. The van der Waals surface area contributed by atoms with Crippen LogP contribution in [-0.2, 0) is 23.0 Å². The number of hydrogen-bond acceptors (Lipinski definition) is 6. The Morgan fingerprint density at radius 3 is 2.82 bits per heavy atom. The number of rotatable bonds is 6. The molecule has 0 saturated heterocycles. The summed E-state index contributed by atoms with van der Waals surface area (Å²) in [4.78, 5) is 0.141. The fraction of sp³-hybridized carbons (Fsp3) is 0.615. The van der Waals surface area contributed by atoms with E-state index in [2.05, 4.69) is 20.0 Å². The summed E-state index contributed by atoms with van der Waals surface area (Å²) >= 11 is 1.31. The second-order valence-corrected chi connectivity index (χ2v) is 8.24. The van der Waals surface area contributed by atoms with E-state index in [1.165, 1.54) is 49.4 Å². The Labute approximate surface area is 133 Å². The maximum Gasteiger partial charge on any atom is 0.266 e. The molecule has 120 valence electrons. The van der Waals surface area contributed by atoms with Crippen molar-refractivity contribution in [2.75, 3.05) is 4.72 Å². The number of aromatic nitrogens is 4. The van der Waals surface area contributed by atoms with E-state index in [0.29, 0.717) is 17.6 Å². The van der Waals surface area contributed by atoms with Gasteiger partial charge < -0.3 is 0 Å². The molecule has 9 heteroatoms. The lowest BCUT2D eigenvalue weighted by Crippen LogP contribution is -2.12. The zero-order valence-corrected chi connectivity index (χ0v) is 14.0. The molecule has 1 aliphatic carbocycles. The van der Waals surface area contributed by atoms with Gasteiger partial charge in [-0.05, 0) is 12.8 Å². The second kappa shape index (κ2) is 6.33. The average Bonchev–Trinajstić information content (AvgIpc) is 3.20. The van der Waals surface area contributed by atoms with Gasteiger partial charge in [-0.1, -0.05) is 37.0 Å². The molecular weight excluding hydrogens is 322 g/mol. The van der Waals surface area contributed by atoms with Crippen molar-refractivity contribution in [3.63, 3.8) is 0 Å². The standard InChI is InChI=1S/C13H19N5O2S2/c1-2-18-9-11(8-14-18)22(19,20)17-13-16-15-12(21-13)7-10-5-3-4-6-10/h8-10H,2-7H2,1H3,(H,16,17). The van der Waals surface area contributed by atoms with Crippen molar-refractivity contribution in [1.82, 2.24) is 20.0 Å². The second-order valence-electron chi connectivity index (χ2n) is 5.49. The van der Waals surface area contributed by atoms with Crippen LogP contribution in [0.5, 0.6) is 0 Å². The van der Waals surface area contributed by atoms with Gasteiger partial charge in [0.15, 0.2) is 0 Å². The van der Waals surface area contributed by atoms with Gasteiger partial charge in [0, 0.05) is 19.2 Å². The summed E-state index contributed by atoms with van der Waals surface area (Å²) in [5.41, 5.74) is 0. The minimum absolute atomic E-state index is 0.141. The van der Waals surface area contributed by atoms with Crippen molar-refractivity contribution < 1.29 is 8.42 Å². The lowest BCUT2D eigenvalue weighted by molar-refractivity contribution is 0.542. The van der Waals surface area contributed by atoms with Crippen molar-refractivity contribution in [2.45, 2.75) is 50.5 Å². The Bertz CT molecular complexity index is 731. The number of nitrogens with zero attached hydrogens (tertiary/aromatic N) is 4. The van der Waals surface area contributed by atoms with Gasteiger partial charge in [0.1, 0.15) is 9.90 Å². The largest absolute Gasteiger partial charge is 0.272 e. The first-order valence-electron chi connectivity index (χ1n) is 7.44. The number of sulfonamides is 1. The highest BCUT2D eigenvalue weighted by molar-refractivity contribution is 7.93. The first-order chi connectivity index (χ1) is 10.6. The number of aryl methyl sites for hydroxylation is 1. The van der Waals surface area contributed by atoms with Crippen LogP contribution in [-0.4, -0.2) is 28.4 Å². The Kier molecular flexibility index (Phi) is 4.44. The van der Waals surface area contributed by atoms with Gasteiger partial charge in [-0.2, -0.15) is 5.10 Å². The Hall–Kier alpha value is -1.48. The number of hydrogen-bond donors (Lipinski definition) is 1. The zero-order valence-electron chi connectivity index (χ0n) is 12.4. The predicted molar refractivity (Wildman–Crippen MR) is 84.3 cm³/mol. The van der Waals surface area contributed by atoms with E-state index < -0.39 is 10.0 Å². The fourth-order valence-corrected chi connectivity index (χ4v) is 4.71. The summed E-state index contributed by atoms with van der Waals surface area (Å²) in [6.07, 6.45) is 8.77. The first kappa shape index (κ1) is 15.4. The topological polar surface area (TPSA) is 89.8 Å². The summed E-state index contributed by atoms with van der Waals surface area (Å²) in [6.45, 7) is 2.52. The maximum atomic E-state index is 12.3. The van der Waals surface area contributed by atoms with E-state index in [0.717, 1.165) is 11.4 Å². The van der Waals surface area contributed by atoms with Gasteiger partial charge in [-0.3, -0.25) is 9.40 Å². The van der Waals surface area contributed by atoms with Gasteiger partial charge in [-0.25, -0.2) is 8.42 Å². The van der Waals surface area contributed by atoms with Crippen LogP contribution in [0.4, 0.5) is 5.13 Å². The van der Waals surface area contributed by atoms with Gasteiger partial charge >= 0.3 is 0 Å². The molecule has 0 aliphatic heterocycles. The van der Waals surface area contributed by atoms with Gasteiger partial charge in [-0.15, -0.1) is 10.2 Å². The summed E-state index contributed by atoms with van der Waals surface area (Å²) in [7, 11) is -3.64. The predicted octanol–water partition coefficient (Wildman–Crippen LogP) is 2.29. The molecule has 3 rings (SSSR count). The highest BCUT2D eigenvalue weighted by Crippen LogP contribution is 2.30. The molecule has 0 atom stereocenters. The third-order valence-electron chi connectivity index (χ3n) is 3.87. The highest BCUT2D eigenvalue weighted by Gasteiger charge is 2.21. The van der Waals surface area contributed by atoms with Crippen molar-refractivity contribution >= 4 is 26.5 Å². The van der Waals surface area contributed by atoms with Gasteiger partial charge in [0.2, 0.25) is 5.13 Å². The van der Waals surface area contributed by atoms with Gasteiger partial charge in [0.05, 0.1) is 6.20 Å². The summed E-state index contributed by atoms with van der Waals surface area (Å²) in [6, 6.07) is 0. The minimum Gasteiger partial charge on any atom is -0.272 e. The van der Waals surface area contributed by atoms with E-state index in [-0.39, 0.29) is 4.90 Å². The van der Waals surface area contributed by atoms with Gasteiger partial charge in [0.25, 0.3) is 10.0 Å². The van der Waals surface area contributed by atoms with Crippen molar-refractivity contribution in [3.05, 3.63) is 17.4 Å². The van der Waals surface area contributed by atoms with Crippen LogP contribution in [0.2, 0.25) is 0 Å². The van der Waals surface area contributed by atoms with Crippen LogP contribution in [0.25, 0.3) is 0 Å². The average molecular weight is 341 g/mol. The SMILES string of the molecule is CCn1cc(S(=O)(=O)Nc2nnc(CC3CCCC3)s2)cn1. The van der Waals surface area contributed by atoms with E-state index >= 15 is 0 Å². The Morgan fingerprint density at radius 2 is 2.14 bits per heavy atom. The van der Waals surface area contributed by atoms with Crippen LogP contribution in [0.3, 0.4) is 0 Å². The summed E-state index contributed by atoms with van der Waals surface area (Å²) in [5, 5.41) is 13.2. The molecule has 0 spiro atoms. The lowest BCUT2D eigenvalue weighted by atomic mass is 10.1. The Balaban J connectivity index is 1.68. The monoisotopic (exact) mass is 341 g/mol. The normalized spacial score (nSPS) is 16.2. The quantitative estimate of drug-likeness (QED) is 0.870. The minimum atomic E-state index is -3.64. The van der Waals surface area contributed by atoms with Crippen molar-refractivity contribution in [2.24, 2.45) is 5.92 Å². The van der Waals surface area contributed by atoms with Crippen LogP contribution >= 0.6 is 11.3 Å². The Morgan fingerprint density at radius 1 is 1.36 bits per heavy atom. The van der Waals surface area contributed by atoms with E-state index in [1.54, 1.807) is 4.68 Å². The van der Waals surface area contributed by atoms with Crippen LogP contribution in [0.15, 0.2) is 17.3 Å². The fourth-order valence-electron chi connectivity index (χ4n) is 2.67. The molecule has 0 bridgehead atoms. The zero-order chi connectivity index (χ0) is 15.6. The molecular formula is C13H19N5O2S2. The van der Waals surface area contributed by atoms with Crippen LogP contribution in [0.1, 0.15) is 37.6 Å². The molecule has 1 N–H and O–H groups in total. The van der Waals surface area contributed by atoms with E-state index in [1.807, 2.05) is 6.92 Å².